The summed E-state index contributed by atoms with van der Waals surface area (Å²) in [5, 5.41) is 10.7. The van der Waals surface area contributed by atoms with Gasteiger partial charge < -0.3 is 9.47 Å². The predicted octanol–water partition coefficient (Wildman–Crippen LogP) is 2.57. The van der Waals surface area contributed by atoms with Gasteiger partial charge in [0.2, 0.25) is 0 Å². The molecule has 0 aromatic carbocycles. The van der Waals surface area contributed by atoms with E-state index in [1.54, 1.807) is 7.11 Å². The van der Waals surface area contributed by atoms with Crippen molar-refractivity contribution in [2.45, 2.75) is 38.9 Å². The molecule has 100 valence electrons. The highest BCUT2D eigenvalue weighted by atomic mass is 16.6. The molecule has 0 radical (unpaired) electrons. The fourth-order valence-electron chi connectivity index (χ4n) is 1.58. The highest BCUT2D eigenvalue weighted by Crippen LogP contribution is 2.31. The zero-order valence-electron chi connectivity index (χ0n) is 10.8. The molecule has 0 unspecified atom stereocenters. The van der Waals surface area contributed by atoms with Gasteiger partial charge in [0.15, 0.2) is 0 Å². The maximum Gasteiger partial charge on any atom is 0.330 e. The molecular weight excluding hydrogens is 236 g/mol. The van der Waals surface area contributed by atoms with E-state index in [1.165, 1.54) is 18.3 Å². The number of nitrogens with zero attached hydrogens (tertiary/aromatic N) is 2. The van der Waals surface area contributed by atoms with Gasteiger partial charge >= 0.3 is 5.69 Å². The van der Waals surface area contributed by atoms with Crippen LogP contribution in [-0.2, 0) is 4.74 Å². The van der Waals surface area contributed by atoms with Crippen molar-refractivity contribution in [3.63, 3.8) is 0 Å². The fraction of sp³-hybridized carbons (Fsp3) is 0.583. The standard InChI is InChI=1S/C10H12N2O4.C2H6/c1-15-7-5-8(6-7)16-10-9(12(13)14)3-2-4-11-10;1-2/h2-4,7-8H,5-6H2,1H3;1-2H3. The van der Waals surface area contributed by atoms with Crippen molar-refractivity contribution in [1.29, 1.82) is 0 Å². The third-order valence-corrected chi connectivity index (χ3v) is 2.61. The largest absolute Gasteiger partial charge is 0.469 e. The summed E-state index contributed by atoms with van der Waals surface area (Å²) in [4.78, 5) is 14.1. The Labute approximate surface area is 106 Å². The molecule has 0 spiro atoms. The molecule has 6 heteroatoms. The van der Waals surface area contributed by atoms with E-state index in [0.29, 0.717) is 0 Å². The summed E-state index contributed by atoms with van der Waals surface area (Å²) in [6, 6.07) is 2.90. The second-order valence-corrected chi connectivity index (χ2v) is 3.65. The molecule has 18 heavy (non-hydrogen) atoms. The van der Waals surface area contributed by atoms with Crippen LogP contribution in [0, 0.1) is 10.1 Å². The number of aromatic nitrogens is 1. The van der Waals surface area contributed by atoms with E-state index in [-0.39, 0.29) is 23.8 Å². The first-order chi connectivity index (χ1) is 8.70. The lowest BCUT2D eigenvalue weighted by atomic mass is 9.92. The van der Waals surface area contributed by atoms with Crippen molar-refractivity contribution < 1.29 is 14.4 Å². The highest BCUT2D eigenvalue weighted by molar-refractivity contribution is 5.39. The smallest absolute Gasteiger partial charge is 0.330 e. The maximum absolute atomic E-state index is 10.7. The van der Waals surface area contributed by atoms with Gasteiger partial charge in [0.1, 0.15) is 6.10 Å². The van der Waals surface area contributed by atoms with E-state index in [4.69, 9.17) is 9.47 Å². The molecule has 2 rings (SSSR count). The van der Waals surface area contributed by atoms with E-state index in [0.717, 1.165) is 12.8 Å². The Morgan fingerprint density at radius 2 is 2.06 bits per heavy atom. The second-order valence-electron chi connectivity index (χ2n) is 3.65. The number of hydrogen-bond donors (Lipinski definition) is 0. The molecule has 0 saturated heterocycles. The molecule has 1 aromatic rings. The minimum absolute atomic E-state index is 0.0291. The SMILES string of the molecule is CC.COC1CC(Oc2ncccc2[N+](=O)[O-])C1. The molecule has 1 aromatic heterocycles. The van der Waals surface area contributed by atoms with Gasteiger partial charge in [-0.3, -0.25) is 10.1 Å². The summed E-state index contributed by atoms with van der Waals surface area (Å²) in [6.45, 7) is 4.00. The molecule has 1 aliphatic rings. The first kappa shape index (κ1) is 14.4. The maximum atomic E-state index is 10.7. The Morgan fingerprint density at radius 1 is 1.39 bits per heavy atom. The van der Waals surface area contributed by atoms with Crippen LogP contribution >= 0.6 is 0 Å². The van der Waals surface area contributed by atoms with Crippen LogP contribution in [0.1, 0.15) is 26.7 Å². The van der Waals surface area contributed by atoms with Crippen molar-refractivity contribution in [2.24, 2.45) is 0 Å². The number of nitro groups is 1. The van der Waals surface area contributed by atoms with Gasteiger partial charge in [-0.2, -0.15) is 0 Å². The number of ether oxygens (including phenoxy) is 2. The van der Waals surface area contributed by atoms with Gasteiger partial charge in [0.05, 0.1) is 11.0 Å². The second kappa shape index (κ2) is 6.90. The van der Waals surface area contributed by atoms with Gasteiger partial charge in [0.25, 0.3) is 5.88 Å². The summed E-state index contributed by atoms with van der Waals surface area (Å²) in [6.07, 6.45) is 3.16. The molecule has 0 amide bonds. The van der Waals surface area contributed by atoms with E-state index in [2.05, 4.69) is 4.98 Å². The monoisotopic (exact) mass is 254 g/mol. The minimum atomic E-state index is -0.491. The third-order valence-electron chi connectivity index (χ3n) is 2.61. The van der Waals surface area contributed by atoms with E-state index >= 15 is 0 Å². The predicted molar refractivity (Wildman–Crippen MR) is 66.7 cm³/mol. The Morgan fingerprint density at radius 3 is 2.61 bits per heavy atom. The molecule has 6 nitrogen and oxygen atoms in total. The van der Waals surface area contributed by atoms with Gasteiger partial charge in [-0.05, 0) is 6.07 Å². The normalized spacial score (nSPS) is 21.3. The minimum Gasteiger partial charge on any atom is -0.469 e. The summed E-state index contributed by atoms with van der Waals surface area (Å²) in [7, 11) is 1.64. The van der Waals surface area contributed by atoms with Crippen LogP contribution < -0.4 is 4.74 Å². The van der Waals surface area contributed by atoms with Crippen molar-refractivity contribution >= 4 is 5.69 Å². The zero-order valence-corrected chi connectivity index (χ0v) is 10.8. The van der Waals surface area contributed by atoms with Gasteiger partial charge in [-0.25, -0.2) is 4.98 Å². The lowest BCUT2D eigenvalue weighted by molar-refractivity contribution is -0.386. The van der Waals surface area contributed by atoms with Crippen LogP contribution in [-0.4, -0.2) is 29.2 Å². The number of rotatable bonds is 4. The molecule has 0 aliphatic heterocycles. The molecule has 1 fully saturated rings. The lowest BCUT2D eigenvalue weighted by Crippen LogP contribution is -2.39. The summed E-state index contributed by atoms with van der Waals surface area (Å²) >= 11 is 0. The molecule has 0 atom stereocenters. The Kier molecular flexibility index (Phi) is 5.51. The van der Waals surface area contributed by atoms with E-state index in [9.17, 15) is 10.1 Å². The Balaban J connectivity index is 0.000000771. The van der Waals surface area contributed by atoms with Crippen LogP contribution in [0.3, 0.4) is 0 Å². The van der Waals surface area contributed by atoms with E-state index < -0.39 is 4.92 Å². The topological polar surface area (TPSA) is 74.5 Å². The average molecular weight is 254 g/mol. The van der Waals surface area contributed by atoms with E-state index in [1.807, 2.05) is 13.8 Å². The zero-order chi connectivity index (χ0) is 13.5. The Bertz CT molecular complexity index is 391. The average Bonchev–Trinajstić information content (AvgIpc) is 2.36. The third kappa shape index (κ3) is 3.40. The molecule has 1 heterocycles. The van der Waals surface area contributed by atoms with Crippen molar-refractivity contribution in [1.82, 2.24) is 4.98 Å². The molecule has 0 N–H and O–H groups in total. The van der Waals surface area contributed by atoms with Crippen LogP contribution in [0.5, 0.6) is 5.88 Å². The van der Waals surface area contributed by atoms with Gasteiger partial charge in [0, 0.05) is 32.2 Å². The molecule has 1 aliphatic carbocycles. The molecule has 1 saturated carbocycles. The fourth-order valence-corrected chi connectivity index (χ4v) is 1.58. The van der Waals surface area contributed by atoms with Crippen molar-refractivity contribution in [3.05, 3.63) is 28.4 Å². The first-order valence-electron chi connectivity index (χ1n) is 5.99. The van der Waals surface area contributed by atoms with Crippen molar-refractivity contribution in [3.8, 4) is 5.88 Å². The summed E-state index contributed by atoms with van der Waals surface area (Å²) < 4.78 is 10.5. The lowest BCUT2D eigenvalue weighted by Gasteiger charge is -2.33. The van der Waals surface area contributed by atoms with Gasteiger partial charge in [-0.15, -0.1) is 0 Å². The van der Waals surface area contributed by atoms with Crippen LogP contribution in [0.15, 0.2) is 18.3 Å². The number of pyridine rings is 1. The highest BCUT2D eigenvalue weighted by Gasteiger charge is 2.32. The number of methoxy groups -OCH3 is 1. The summed E-state index contributed by atoms with van der Waals surface area (Å²) in [5.41, 5.74) is -0.0941. The van der Waals surface area contributed by atoms with Crippen molar-refractivity contribution in [2.75, 3.05) is 7.11 Å². The quantitative estimate of drug-likeness (QED) is 0.609. The van der Waals surface area contributed by atoms with Crippen LogP contribution in [0.25, 0.3) is 0 Å². The van der Waals surface area contributed by atoms with Crippen LogP contribution in [0.2, 0.25) is 0 Å². The molecule has 0 bridgehead atoms. The Hall–Kier alpha value is -1.69. The first-order valence-corrected chi connectivity index (χ1v) is 5.99. The van der Waals surface area contributed by atoms with Crippen LogP contribution in [0.4, 0.5) is 5.69 Å². The summed E-state index contributed by atoms with van der Waals surface area (Å²) in [5.74, 6) is 0.0899. The number of hydrogen-bond acceptors (Lipinski definition) is 5. The molecular formula is C12H18N2O4. The van der Waals surface area contributed by atoms with Gasteiger partial charge in [-0.1, -0.05) is 13.8 Å².